The van der Waals surface area contributed by atoms with E-state index < -0.39 is 10.0 Å². The molecule has 0 aromatic heterocycles. The first kappa shape index (κ1) is 17.9. The largest absolute Gasteiger partial charge is 0.308 e. The Hall–Kier alpha value is -1.86. The quantitative estimate of drug-likeness (QED) is 0.808. The van der Waals surface area contributed by atoms with Crippen LogP contribution >= 0.6 is 23.2 Å². The topological polar surface area (TPSA) is 80.5 Å². The number of hydrogen-bond donors (Lipinski definition) is 1. The Labute approximate surface area is 155 Å². The van der Waals surface area contributed by atoms with E-state index >= 15 is 0 Å². The van der Waals surface area contributed by atoms with Gasteiger partial charge in [0.1, 0.15) is 0 Å². The molecule has 0 unspecified atom stereocenters. The van der Waals surface area contributed by atoms with Gasteiger partial charge in [-0.25, -0.2) is 13.6 Å². The van der Waals surface area contributed by atoms with Gasteiger partial charge in [-0.05, 0) is 54.0 Å². The molecule has 0 aliphatic carbocycles. The molecule has 25 heavy (non-hydrogen) atoms. The van der Waals surface area contributed by atoms with Gasteiger partial charge in [-0.15, -0.1) is 0 Å². The minimum Gasteiger partial charge on any atom is -0.308 e. The van der Waals surface area contributed by atoms with Crippen molar-refractivity contribution in [3.8, 4) is 0 Å². The summed E-state index contributed by atoms with van der Waals surface area (Å²) in [4.78, 5) is 14.0. The highest BCUT2D eigenvalue weighted by atomic mass is 35.5. The van der Waals surface area contributed by atoms with Crippen molar-refractivity contribution in [3.05, 3.63) is 63.6 Å². The summed E-state index contributed by atoms with van der Waals surface area (Å²) in [7, 11) is -3.83. The number of rotatable bonds is 3. The second kappa shape index (κ2) is 6.80. The maximum Gasteiger partial charge on any atom is 0.251 e. The molecule has 1 aliphatic heterocycles. The molecular formula is C17H14Cl2N2O3S. The molecule has 3 rings (SSSR count). The molecule has 5 nitrogen and oxygen atoms in total. The summed E-state index contributed by atoms with van der Waals surface area (Å²) in [6.45, 7) is 0.468. The summed E-state index contributed by atoms with van der Waals surface area (Å²) in [6, 6.07) is 9.52. The molecule has 2 aromatic rings. The van der Waals surface area contributed by atoms with Crippen LogP contribution in [0.5, 0.6) is 0 Å². The van der Waals surface area contributed by atoms with Crippen molar-refractivity contribution in [2.45, 2.75) is 11.3 Å². The van der Waals surface area contributed by atoms with Crippen molar-refractivity contribution in [2.24, 2.45) is 5.14 Å². The number of fused-ring (bicyclic) bond motifs is 1. The summed E-state index contributed by atoms with van der Waals surface area (Å²) in [5.41, 5.74) is 2.08. The highest BCUT2D eigenvalue weighted by Crippen LogP contribution is 2.30. The highest BCUT2D eigenvalue weighted by Gasteiger charge is 2.25. The molecule has 8 heteroatoms. The van der Waals surface area contributed by atoms with Crippen molar-refractivity contribution in [3.63, 3.8) is 0 Å². The second-order valence-electron chi connectivity index (χ2n) is 5.57. The number of benzene rings is 2. The summed E-state index contributed by atoms with van der Waals surface area (Å²) in [5, 5.41) is 6.16. The third kappa shape index (κ3) is 3.88. The molecule has 1 heterocycles. The number of carbonyl (C=O) groups is 1. The van der Waals surface area contributed by atoms with Gasteiger partial charge in [-0.1, -0.05) is 29.3 Å². The molecule has 1 amide bonds. The number of hydrogen-bond acceptors (Lipinski definition) is 3. The normalized spacial score (nSPS) is 14.1. The molecule has 2 N–H and O–H groups in total. The lowest BCUT2D eigenvalue weighted by molar-refractivity contribution is -0.114. The Morgan fingerprint density at radius 2 is 1.92 bits per heavy atom. The van der Waals surface area contributed by atoms with Crippen molar-refractivity contribution in [1.29, 1.82) is 0 Å². The smallest absolute Gasteiger partial charge is 0.251 e. The van der Waals surface area contributed by atoms with Gasteiger partial charge < -0.3 is 4.90 Å². The van der Waals surface area contributed by atoms with Crippen molar-refractivity contribution in [2.75, 3.05) is 11.4 Å². The predicted octanol–water partition coefficient (Wildman–Crippen LogP) is 3.24. The second-order valence-corrected chi connectivity index (χ2v) is 7.98. The zero-order chi connectivity index (χ0) is 18.2. The van der Waals surface area contributed by atoms with E-state index in [0.29, 0.717) is 34.3 Å². The van der Waals surface area contributed by atoms with Gasteiger partial charge in [0.05, 0.1) is 4.90 Å². The summed E-state index contributed by atoms with van der Waals surface area (Å²) in [5.74, 6) is -0.277. The Morgan fingerprint density at radius 1 is 1.16 bits per heavy atom. The van der Waals surface area contributed by atoms with Crippen LogP contribution in [0.4, 0.5) is 5.69 Å². The van der Waals surface area contributed by atoms with E-state index in [2.05, 4.69) is 0 Å². The first-order valence-corrected chi connectivity index (χ1v) is 9.66. The summed E-state index contributed by atoms with van der Waals surface area (Å²) >= 11 is 12.0. The maximum absolute atomic E-state index is 12.5. The van der Waals surface area contributed by atoms with Crippen LogP contribution in [0.2, 0.25) is 10.0 Å². The summed E-state index contributed by atoms with van der Waals surface area (Å²) in [6.07, 6.45) is 3.62. The van der Waals surface area contributed by atoms with Crippen LogP contribution in [-0.4, -0.2) is 20.9 Å². The van der Waals surface area contributed by atoms with Gasteiger partial charge in [-0.2, -0.15) is 0 Å². The Kier molecular flexibility index (Phi) is 4.88. The molecular weight excluding hydrogens is 383 g/mol. The van der Waals surface area contributed by atoms with E-state index in [1.54, 1.807) is 30.3 Å². The SMILES string of the molecule is NS(=O)(=O)c1ccc2c(c1)N(C(=O)/C=C/c1cc(Cl)ccc1Cl)CC2. The maximum atomic E-state index is 12.5. The lowest BCUT2D eigenvalue weighted by atomic mass is 10.2. The molecule has 0 bridgehead atoms. The van der Waals surface area contributed by atoms with Gasteiger partial charge in [0.25, 0.3) is 5.91 Å². The molecule has 130 valence electrons. The molecule has 0 saturated heterocycles. The number of carbonyl (C=O) groups excluding carboxylic acids is 1. The molecule has 1 aliphatic rings. The van der Waals surface area contributed by atoms with E-state index in [9.17, 15) is 13.2 Å². The lowest BCUT2D eigenvalue weighted by Gasteiger charge is -2.15. The minimum absolute atomic E-state index is 0.0205. The Bertz CT molecular complexity index is 987. The van der Waals surface area contributed by atoms with Crippen LogP contribution in [0.3, 0.4) is 0 Å². The van der Waals surface area contributed by atoms with E-state index in [1.165, 1.54) is 23.1 Å². The van der Waals surface area contributed by atoms with Gasteiger partial charge in [0.2, 0.25) is 10.0 Å². The van der Waals surface area contributed by atoms with E-state index in [-0.39, 0.29) is 10.8 Å². The van der Waals surface area contributed by atoms with Crippen LogP contribution < -0.4 is 10.0 Å². The number of anilines is 1. The molecule has 2 aromatic carbocycles. The van der Waals surface area contributed by atoms with Crippen LogP contribution in [-0.2, 0) is 21.2 Å². The fourth-order valence-electron chi connectivity index (χ4n) is 2.66. The van der Waals surface area contributed by atoms with Crippen LogP contribution in [0.25, 0.3) is 6.08 Å². The highest BCUT2D eigenvalue weighted by molar-refractivity contribution is 7.89. The number of amides is 1. The zero-order valence-corrected chi connectivity index (χ0v) is 15.3. The van der Waals surface area contributed by atoms with Crippen molar-refractivity contribution >= 4 is 50.9 Å². The minimum atomic E-state index is -3.83. The third-order valence-corrected chi connectivity index (χ3v) is 5.40. The van der Waals surface area contributed by atoms with Crippen LogP contribution in [0.15, 0.2) is 47.4 Å². The van der Waals surface area contributed by atoms with Crippen LogP contribution in [0.1, 0.15) is 11.1 Å². The van der Waals surface area contributed by atoms with Crippen molar-refractivity contribution in [1.82, 2.24) is 0 Å². The Balaban J connectivity index is 1.88. The average Bonchev–Trinajstić information content (AvgIpc) is 2.98. The predicted molar refractivity (Wildman–Crippen MR) is 99.4 cm³/mol. The average molecular weight is 397 g/mol. The molecule has 0 spiro atoms. The van der Waals surface area contributed by atoms with Gasteiger partial charge in [0.15, 0.2) is 0 Å². The van der Waals surface area contributed by atoms with E-state index in [0.717, 1.165) is 5.56 Å². The number of halogens is 2. The standard InChI is InChI=1S/C17H14Cl2N2O3S/c18-13-3-5-15(19)12(9-13)2-6-17(22)21-8-7-11-1-4-14(10-16(11)21)25(20,23)24/h1-6,9-10H,7-8H2,(H2,20,23,24)/b6-2+. The first-order valence-electron chi connectivity index (χ1n) is 7.36. The lowest BCUT2D eigenvalue weighted by Crippen LogP contribution is -2.27. The third-order valence-electron chi connectivity index (χ3n) is 3.91. The first-order chi connectivity index (χ1) is 11.8. The number of nitrogens with two attached hydrogens (primary N) is 1. The Morgan fingerprint density at radius 3 is 2.64 bits per heavy atom. The molecule has 0 radical (unpaired) electrons. The number of nitrogens with zero attached hydrogens (tertiary/aromatic N) is 1. The monoisotopic (exact) mass is 396 g/mol. The fourth-order valence-corrected chi connectivity index (χ4v) is 3.55. The van der Waals surface area contributed by atoms with Gasteiger partial charge >= 0.3 is 0 Å². The summed E-state index contributed by atoms with van der Waals surface area (Å²) < 4.78 is 23.0. The van der Waals surface area contributed by atoms with Gasteiger partial charge in [-0.3, -0.25) is 4.79 Å². The molecule has 0 fully saturated rings. The van der Waals surface area contributed by atoms with Crippen LogP contribution in [0, 0.1) is 0 Å². The van der Waals surface area contributed by atoms with E-state index in [4.69, 9.17) is 28.3 Å². The molecule has 0 saturated carbocycles. The number of sulfonamides is 1. The fraction of sp³-hybridized carbons (Fsp3) is 0.118. The van der Waals surface area contributed by atoms with E-state index in [1.807, 2.05) is 0 Å². The number of primary sulfonamides is 1. The zero-order valence-electron chi connectivity index (χ0n) is 12.9. The molecule has 0 atom stereocenters. The van der Waals surface area contributed by atoms with Crippen molar-refractivity contribution < 1.29 is 13.2 Å². The van der Waals surface area contributed by atoms with Gasteiger partial charge in [0, 0.05) is 28.4 Å².